The number of anilines is 1. The van der Waals surface area contributed by atoms with E-state index < -0.39 is 28.5 Å². The van der Waals surface area contributed by atoms with E-state index in [1.54, 1.807) is 25.1 Å². The van der Waals surface area contributed by atoms with Gasteiger partial charge in [-0.25, -0.2) is 13.2 Å². The Hall–Kier alpha value is -2.58. The number of rotatable bonds is 7. The van der Waals surface area contributed by atoms with Gasteiger partial charge in [0, 0.05) is 0 Å². The van der Waals surface area contributed by atoms with E-state index in [9.17, 15) is 18.0 Å². The highest BCUT2D eigenvalue weighted by atomic mass is 35.5. The second-order valence-corrected chi connectivity index (χ2v) is 7.55. The molecule has 0 aliphatic carbocycles. The number of carbonyl (C=O) groups excluding carboxylic acids is 2. The van der Waals surface area contributed by atoms with Gasteiger partial charge >= 0.3 is 11.9 Å². The predicted molar refractivity (Wildman–Crippen MR) is 100 cm³/mol. The molecule has 0 radical (unpaired) electrons. The van der Waals surface area contributed by atoms with Crippen molar-refractivity contribution >= 4 is 39.3 Å². The maximum absolute atomic E-state index is 13.0. The highest BCUT2D eigenvalue weighted by Crippen LogP contribution is 2.28. The molecular formula is C18H18ClNO6S. The molecule has 2 rings (SSSR count). The fraction of sp³-hybridized carbons (Fsp3) is 0.222. The Morgan fingerprint density at radius 3 is 2.37 bits per heavy atom. The summed E-state index contributed by atoms with van der Waals surface area (Å²) in [5, 5.41) is 0.104. The van der Waals surface area contributed by atoms with Crippen LogP contribution in [0.1, 0.15) is 17.3 Å². The lowest BCUT2D eigenvalue weighted by atomic mass is 10.2. The lowest BCUT2D eigenvalue weighted by molar-refractivity contribution is -0.138. The molecule has 9 heteroatoms. The van der Waals surface area contributed by atoms with E-state index in [2.05, 4.69) is 4.74 Å². The Morgan fingerprint density at radius 1 is 1.11 bits per heavy atom. The second-order valence-electron chi connectivity index (χ2n) is 5.29. The van der Waals surface area contributed by atoms with Crippen LogP contribution in [0.3, 0.4) is 0 Å². The van der Waals surface area contributed by atoms with Crippen LogP contribution in [0, 0.1) is 0 Å². The number of hydrogen-bond acceptors (Lipinski definition) is 6. The third kappa shape index (κ3) is 4.78. The lowest BCUT2D eigenvalue weighted by Crippen LogP contribution is -2.36. The molecule has 0 N–H and O–H groups in total. The summed E-state index contributed by atoms with van der Waals surface area (Å²) in [6.45, 7) is 1.20. The SMILES string of the molecule is CCOC(=O)c1cc(N(CC(=O)OC)S(=O)(=O)c2ccccc2)ccc1Cl. The average molecular weight is 412 g/mol. The van der Waals surface area contributed by atoms with Gasteiger partial charge in [-0.05, 0) is 37.3 Å². The standard InChI is InChI=1S/C18H18ClNO6S/c1-3-26-18(22)15-11-13(9-10-16(15)19)20(12-17(21)25-2)27(23,24)14-7-5-4-6-8-14/h4-11H,3,12H2,1-2H3. The molecule has 0 unspecified atom stereocenters. The maximum atomic E-state index is 13.0. The molecule has 0 aliphatic heterocycles. The van der Waals surface area contributed by atoms with Crippen molar-refractivity contribution in [2.75, 3.05) is 24.6 Å². The summed E-state index contributed by atoms with van der Waals surface area (Å²) >= 11 is 6.04. The van der Waals surface area contributed by atoms with Crippen molar-refractivity contribution in [3.63, 3.8) is 0 Å². The quantitative estimate of drug-likeness (QED) is 0.651. The summed E-state index contributed by atoms with van der Waals surface area (Å²) < 4.78 is 36.5. The third-order valence-corrected chi connectivity index (χ3v) is 5.68. The number of halogens is 1. The zero-order valence-electron chi connectivity index (χ0n) is 14.7. The van der Waals surface area contributed by atoms with Crippen LogP contribution >= 0.6 is 11.6 Å². The lowest BCUT2D eigenvalue weighted by Gasteiger charge is -2.24. The summed E-state index contributed by atoms with van der Waals surface area (Å²) in [5.41, 5.74) is 0.0749. The molecule has 0 spiro atoms. The Balaban J connectivity index is 2.57. The molecule has 27 heavy (non-hydrogen) atoms. The van der Waals surface area contributed by atoms with E-state index >= 15 is 0 Å². The number of hydrogen-bond donors (Lipinski definition) is 0. The zero-order chi connectivity index (χ0) is 20.0. The van der Waals surface area contributed by atoms with Crippen molar-refractivity contribution in [1.29, 1.82) is 0 Å². The largest absolute Gasteiger partial charge is 0.468 e. The Labute approximate surface area is 162 Å². The topological polar surface area (TPSA) is 90.0 Å². The highest BCUT2D eigenvalue weighted by Gasteiger charge is 2.28. The van der Waals surface area contributed by atoms with E-state index in [1.165, 1.54) is 30.3 Å². The normalized spacial score (nSPS) is 10.9. The van der Waals surface area contributed by atoms with Gasteiger partial charge in [0.25, 0.3) is 10.0 Å². The summed E-state index contributed by atoms with van der Waals surface area (Å²) in [6, 6.07) is 11.6. The Kier molecular flexibility index (Phi) is 6.81. The molecule has 2 aromatic carbocycles. The summed E-state index contributed by atoms with van der Waals surface area (Å²) in [4.78, 5) is 23.9. The van der Waals surface area contributed by atoms with Crippen LogP contribution in [-0.2, 0) is 24.3 Å². The molecule has 0 saturated heterocycles. The minimum absolute atomic E-state index is 0.00542. The van der Waals surface area contributed by atoms with E-state index in [0.717, 1.165) is 11.4 Å². The smallest absolute Gasteiger partial charge is 0.339 e. The molecule has 0 fully saturated rings. The maximum Gasteiger partial charge on any atom is 0.339 e. The number of benzene rings is 2. The van der Waals surface area contributed by atoms with Gasteiger partial charge in [-0.15, -0.1) is 0 Å². The van der Waals surface area contributed by atoms with Crippen molar-refractivity contribution in [3.8, 4) is 0 Å². The fourth-order valence-corrected chi connectivity index (χ4v) is 3.87. The van der Waals surface area contributed by atoms with Crippen molar-refractivity contribution in [2.24, 2.45) is 0 Å². The van der Waals surface area contributed by atoms with Gasteiger partial charge in [0.2, 0.25) is 0 Å². The summed E-state index contributed by atoms with van der Waals surface area (Å²) in [6.07, 6.45) is 0. The van der Waals surface area contributed by atoms with Crippen LogP contribution in [-0.4, -0.2) is 40.6 Å². The van der Waals surface area contributed by atoms with Gasteiger partial charge < -0.3 is 9.47 Å². The predicted octanol–water partition coefficient (Wildman–Crippen LogP) is 2.89. The van der Waals surface area contributed by atoms with Crippen molar-refractivity contribution in [3.05, 3.63) is 59.1 Å². The number of carbonyl (C=O) groups is 2. The molecular weight excluding hydrogens is 394 g/mol. The van der Waals surface area contributed by atoms with Crippen LogP contribution < -0.4 is 4.31 Å². The first-order valence-corrected chi connectivity index (χ1v) is 9.74. The monoisotopic (exact) mass is 411 g/mol. The van der Waals surface area contributed by atoms with Crippen LogP contribution in [0.5, 0.6) is 0 Å². The van der Waals surface area contributed by atoms with E-state index in [1.807, 2.05) is 0 Å². The fourth-order valence-electron chi connectivity index (χ4n) is 2.25. The van der Waals surface area contributed by atoms with Crippen molar-refractivity contribution < 1.29 is 27.5 Å². The average Bonchev–Trinajstić information content (AvgIpc) is 2.67. The van der Waals surface area contributed by atoms with Crippen molar-refractivity contribution in [1.82, 2.24) is 0 Å². The highest BCUT2D eigenvalue weighted by molar-refractivity contribution is 7.92. The summed E-state index contributed by atoms with van der Waals surface area (Å²) in [7, 11) is -2.94. The van der Waals surface area contributed by atoms with Gasteiger partial charge in [0.15, 0.2) is 0 Å². The van der Waals surface area contributed by atoms with Gasteiger partial charge in [-0.1, -0.05) is 29.8 Å². The van der Waals surface area contributed by atoms with E-state index in [-0.39, 0.29) is 27.8 Å². The second kappa shape index (κ2) is 8.88. The number of esters is 2. The molecule has 2 aromatic rings. The Bertz CT molecular complexity index is 930. The summed E-state index contributed by atoms with van der Waals surface area (Å²) in [5.74, 6) is -1.46. The van der Waals surface area contributed by atoms with E-state index in [0.29, 0.717) is 0 Å². The molecule has 0 aromatic heterocycles. The first kappa shape index (κ1) is 20.7. The first-order valence-electron chi connectivity index (χ1n) is 7.92. The van der Waals surface area contributed by atoms with Crippen LogP contribution in [0.15, 0.2) is 53.4 Å². The first-order chi connectivity index (χ1) is 12.8. The molecule has 0 saturated carbocycles. The van der Waals surface area contributed by atoms with Crippen LogP contribution in [0.25, 0.3) is 0 Å². The number of sulfonamides is 1. The van der Waals surface area contributed by atoms with E-state index in [4.69, 9.17) is 16.3 Å². The third-order valence-electron chi connectivity index (χ3n) is 3.56. The zero-order valence-corrected chi connectivity index (χ0v) is 16.3. The van der Waals surface area contributed by atoms with Gasteiger partial charge in [-0.3, -0.25) is 9.10 Å². The van der Waals surface area contributed by atoms with Crippen LogP contribution in [0.2, 0.25) is 5.02 Å². The van der Waals surface area contributed by atoms with Gasteiger partial charge in [0.1, 0.15) is 6.54 Å². The molecule has 0 atom stereocenters. The van der Waals surface area contributed by atoms with Crippen LogP contribution in [0.4, 0.5) is 5.69 Å². The number of nitrogens with zero attached hydrogens (tertiary/aromatic N) is 1. The molecule has 0 heterocycles. The molecule has 7 nitrogen and oxygen atoms in total. The minimum Gasteiger partial charge on any atom is -0.468 e. The number of methoxy groups -OCH3 is 1. The molecule has 144 valence electrons. The van der Waals surface area contributed by atoms with Crippen molar-refractivity contribution in [2.45, 2.75) is 11.8 Å². The number of ether oxygens (including phenoxy) is 2. The van der Waals surface area contributed by atoms with Gasteiger partial charge in [0.05, 0.1) is 34.9 Å². The van der Waals surface area contributed by atoms with Gasteiger partial charge in [-0.2, -0.15) is 0 Å². The molecule has 0 aliphatic rings. The molecule has 0 bridgehead atoms. The Morgan fingerprint density at radius 2 is 1.78 bits per heavy atom. The minimum atomic E-state index is -4.09. The molecule has 0 amide bonds.